The van der Waals surface area contributed by atoms with E-state index in [2.05, 4.69) is 11.3 Å². The highest BCUT2D eigenvalue weighted by Gasteiger charge is 2.40. The minimum atomic E-state index is -4.56. The van der Waals surface area contributed by atoms with Gasteiger partial charge in [0.1, 0.15) is 6.10 Å². The number of halogens is 3. The molecule has 0 aliphatic rings. The van der Waals surface area contributed by atoms with E-state index in [4.69, 9.17) is 5.73 Å². The molecule has 0 rings (SSSR count). The van der Waals surface area contributed by atoms with E-state index in [-0.39, 0.29) is 0 Å². The zero-order valence-electron chi connectivity index (χ0n) is 6.97. The molecule has 0 saturated carbocycles. The minimum absolute atomic E-state index is 0.569. The van der Waals surface area contributed by atoms with Crippen molar-refractivity contribution in [1.29, 1.82) is 0 Å². The van der Waals surface area contributed by atoms with E-state index >= 15 is 0 Å². The van der Waals surface area contributed by atoms with Gasteiger partial charge in [-0.25, -0.2) is 0 Å². The first kappa shape index (κ1) is 12.0. The molecule has 0 aliphatic carbocycles. The maximum atomic E-state index is 12.0. The molecule has 0 radical (unpaired) electrons. The van der Waals surface area contributed by atoms with Crippen LogP contribution in [0.1, 0.15) is 6.92 Å². The third-order valence-corrected chi connectivity index (χ3v) is 1.29. The number of ether oxygens (including phenoxy) is 1. The lowest BCUT2D eigenvalue weighted by Gasteiger charge is -2.19. The molecule has 3 nitrogen and oxygen atoms in total. The van der Waals surface area contributed by atoms with E-state index in [1.807, 2.05) is 0 Å². The monoisotopic (exact) mass is 197 g/mol. The quantitative estimate of drug-likeness (QED) is 0.683. The predicted octanol–water partition coefficient (Wildman–Crippen LogP) is 0.994. The maximum absolute atomic E-state index is 12.0. The number of carbonyl (C=O) groups excluding carboxylic acids is 1. The Kier molecular flexibility index (Phi) is 3.93. The van der Waals surface area contributed by atoms with Gasteiger partial charge < -0.3 is 10.5 Å². The van der Waals surface area contributed by atoms with Gasteiger partial charge in [-0.05, 0) is 6.92 Å². The molecule has 13 heavy (non-hydrogen) atoms. The molecule has 0 spiro atoms. The summed E-state index contributed by atoms with van der Waals surface area (Å²) < 4.78 is 40.3. The van der Waals surface area contributed by atoms with Gasteiger partial charge in [-0.3, -0.25) is 4.79 Å². The molecule has 0 heterocycles. The van der Waals surface area contributed by atoms with Gasteiger partial charge in [-0.15, -0.1) is 6.58 Å². The highest BCUT2D eigenvalue weighted by Crippen LogP contribution is 2.24. The van der Waals surface area contributed by atoms with Gasteiger partial charge in [0.25, 0.3) is 0 Å². The average molecular weight is 197 g/mol. The van der Waals surface area contributed by atoms with Crippen LogP contribution in [0.4, 0.5) is 13.2 Å². The van der Waals surface area contributed by atoms with Crippen molar-refractivity contribution in [3.05, 3.63) is 12.7 Å². The second-order valence-corrected chi connectivity index (χ2v) is 2.38. The summed E-state index contributed by atoms with van der Waals surface area (Å²) >= 11 is 0. The van der Waals surface area contributed by atoms with Crippen molar-refractivity contribution in [1.82, 2.24) is 0 Å². The topological polar surface area (TPSA) is 52.3 Å². The summed E-state index contributed by atoms with van der Waals surface area (Å²) in [6, 6.07) is 0. The molecule has 0 aliphatic heterocycles. The van der Waals surface area contributed by atoms with Gasteiger partial charge in [0.15, 0.2) is 6.10 Å². The highest BCUT2D eigenvalue weighted by atomic mass is 19.4. The number of primary amides is 1. The Morgan fingerprint density at radius 2 is 2.08 bits per heavy atom. The summed E-state index contributed by atoms with van der Waals surface area (Å²) in [6.07, 6.45) is -7.44. The van der Waals surface area contributed by atoms with Crippen molar-refractivity contribution in [2.45, 2.75) is 25.3 Å². The molecular weight excluding hydrogens is 187 g/mol. The molecule has 0 aromatic carbocycles. The van der Waals surface area contributed by atoms with Crippen LogP contribution in [0.5, 0.6) is 0 Å². The summed E-state index contributed by atoms with van der Waals surface area (Å²) in [4.78, 5) is 10.4. The van der Waals surface area contributed by atoms with Gasteiger partial charge in [0.05, 0.1) is 0 Å². The number of hydrogen-bond acceptors (Lipinski definition) is 2. The minimum Gasteiger partial charge on any atom is -0.367 e. The lowest BCUT2D eigenvalue weighted by Crippen LogP contribution is -2.38. The molecule has 0 saturated heterocycles. The molecule has 2 N–H and O–H groups in total. The van der Waals surface area contributed by atoms with E-state index in [0.717, 1.165) is 6.92 Å². The lowest BCUT2D eigenvalue weighted by molar-refractivity contribution is -0.213. The predicted molar refractivity (Wildman–Crippen MR) is 39.8 cm³/mol. The number of carbonyl (C=O) groups is 1. The molecule has 76 valence electrons. The molecular formula is C7H10F3NO2. The van der Waals surface area contributed by atoms with Crippen molar-refractivity contribution < 1.29 is 22.7 Å². The molecule has 0 aromatic heterocycles. The molecule has 2 unspecified atom stereocenters. The molecule has 2 atom stereocenters. The third-order valence-electron chi connectivity index (χ3n) is 1.29. The first-order chi connectivity index (χ1) is 5.79. The fourth-order valence-electron chi connectivity index (χ4n) is 0.553. The number of amides is 1. The smallest absolute Gasteiger partial charge is 0.367 e. The molecule has 0 aromatic rings. The van der Waals surface area contributed by atoms with Crippen LogP contribution in [0.25, 0.3) is 0 Å². The first-order valence-electron chi connectivity index (χ1n) is 3.43. The highest BCUT2D eigenvalue weighted by molar-refractivity contribution is 5.78. The van der Waals surface area contributed by atoms with Crippen LogP contribution in [0.15, 0.2) is 12.7 Å². The average Bonchev–Trinajstić information content (AvgIpc) is 1.96. The van der Waals surface area contributed by atoms with Crippen molar-refractivity contribution in [3.63, 3.8) is 0 Å². The van der Waals surface area contributed by atoms with Crippen molar-refractivity contribution in [2.24, 2.45) is 5.73 Å². The van der Waals surface area contributed by atoms with Gasteiger partial charge in [-0.2, -0.15) is 13.2 Å². The zero-order valence-corrected chi connectivity index (χ0v) is 6.97. The van der Waals surface area contributed by atoms with Crippen LogP contribution in [-0.2, 0) is 9.53 Å². The lowest BCUT2D eigenvalue weighted by atomic mass is 10.3. The molecule has 0 fully saturated rings. The van der Waals surface area contributed by atoms with Gasteiger partial charge in [0.2, 0.25) is 5.91 Å². The van der Waals surface area contributed by atoms with Crippen LogP contribution in [0.2, 0.25) is 0 Å². The number of nitrogens with two attached hydrogens (primary N) is 1. The first-order valence-corrected chi connectivity index (χ1v) is 3.43. The van der Waals surface area contributed by atoms with Crippen LogP contribution in [0, 0.1) is 0 Å². The normalized spacial score (nSPS) is 16.3. The van der Waals surface area contributed by atoms with E-state index in [1.54, 1.807) is 0 Å². The summed E-state index contributed by atoms with van der Waals surface area (Å²) in [7, 11) is 0. The van der Waals surface area contributed by atoms with E-state index in [1.165, 1.54) is 0 Å². The van der Waals surface area contributed by atoms with Crippen LogP contribution >= 0.6 is 0 Å². The third kappa shape index (κ3) is 3.93. The largest absolute Gasteiger partial charge is 0.418 e. The number of alkyl halides is 3. The Labute approximate surface area is 73.4 Å². The van der Waals surface area contributed by atoms with Crippen LogP contribution in [-0.4, -0.2) is 24.3 Å². The molecule has 1 amide bonds. The van der Waals surface area contributed by atoms with E-state index < -0.39 is 24.3 Å². The van der Waals surface area contributed by atoms with E-state index in [9.17, 15) is 18.0 Å². The van der Waals surface area contributed by atoms with Crippen LogP contribution in [0.3, 0.4) is 0 Å². The van der Waals surface area contributed by atoms with Gasteiger partial charge >= 0.3 is 6.18 Å². The summed E-state index contributed by atoms with van der Waals surface area (Å²) in [5, 5.41) is 0. The maximum Gasteiger partial charge on any atom is 0.418 e. The second kappa shape index (κ2) is 4.27. The second-order valence-electron chi connectivity index (χ2n) is 2.38. The summed E-state index contributed by atoms with van der Waals surface area (Å²) in [5.74, 6) is -0.948. The van der Waals surface area contributed by atoms with Gasteiger partial charge in [0, 0.05) is 0 Å². The van der Waals surface area contributed by atoms with Crippen molar-refractivity contribution in [3.8, 4) is 0 Å². The van der Waals surface area contributed by atoms with Gasteiger partial charge in [-0.1, -0.05) is 6.08 Å². The fourth-order valence-corrected chi connectivity index (χ4v) is 0.553. The van der Waals surface area contributed by atoms with Crippen molar-refractivity contribution >= 4 is 5.91 Å². The zero-order chi connectivity index (χ0) is 10.6. The Morgan fingerprint density at radius 1 is 1.62 bits per heavy atom. The van der Waals surface area contributed by atoms with Crippen molar-refractivity contribution in [2.75, 3.05) is 0 Å². The molecule has 0 bridgehead atoms. The Balaban J connectivity index is 4.30. The SMILES string of the molecule is C=CC(OC(C)C(N)=O)C(F)(F)F. The molecule has 6 heteroatoms. The number of hydrogen-bond donors (Lipinski definition) is 1. The Hall–Kier alpha value is -1.04. The van der Waals surface area contributed by atoms with Crippen LogP contribution < -0.4 is 5.73 Å². The summed E-state index contributed by atoms with van der Waals surface area (Å²) in [5.41, 5.74) is 4.72. The number of rotatable bonds is 4. The summed E-state index contributed by atoms with van der Waals surface area (Å²) in [6.45, 7) is 4.09. The Morgan fingerprint density at radius 3 is 2.31 bits per heavy atom. The standard InChI is InChI=1S/C7H10F3NO2/c1-3-5(7(8,9)10)13-4(2)6(11)12/h3-5H,1H2,2H3,(H2,11,12). The Bertz CT molecular complexity index is 202. The van der Waals surface area contributed by atoms with E-state index in [0.29, 0.717) is 6.08 Å². The fraction of sp³-hybridized carbons (Fsp3) is 0.571.